The summed E-state index contributed by atoms with van der Waals surface area (Å²) < 4.78 is 0. The maximum atomic E-state index is 12.5. The molecule has 0 bridgehead atoms. The highest BCUT2D eigenvalue weighted by atomic mass is 16.2. The molecule has 0 radical (unpaired) electrons. The summed E-state index contributed by atoms with van der Waals surface area (Å²) in [7, 11) is 0. The second kappa shape index (κ2) is 10.9. The van der Waals surface area contributed by atoms with Crippen molar-refractivity contribution in [1.82, 2.24) is 14.9 Å². The van der Waals surface area contributed by atoms with Crippen LogP contribution in [0.3, 0.4) is 0 Å². The number of carbonyl (C=O) groups is 1. The average Bonchev–Trinajstić information content (AvgIpc) is 2.83. The van der Waals surface area contributed by atoms with Gasteiger partial charge in [0.15, 0.2) is 0 Å². The molecule has 0 spiro atoms. The van der Waals surface area contributed by atoms with Crippen LogP contribution in [0.1, 0.15) is 70.5 Å². The van der Waals surface area contributed by atoms with Crippen molar-refractivity contribution in [3.8, 4) is 0 Å². The fourth-order valence-electron chi connectivity index (χ4n) is 4.91. The lowest BCUT2D eigenvalue weighted by molar-refractivity contribution is -0.118. The lowest BCUT2D eigenvalue weighted by atomic mass is 9.95. The molecule has 1 fully saturated rings. The number of rotatable bonds is 8. The smallest absolute Gasteiger partial charge is 0.227 e. The number of anilines is 2. The number of unbranched alkanes of at least 4 members (excludes halogenated alkanes) is 1. The first-order chi connectivity index (χ1) is 16.3. The van der Waals surface area contributed by atoms with E-state index < -0.39 is 0 Å². The standard InChI is InChI=1S/C28H41N5O/c1-5-10-23-21-25(30-27(29-23)28(2,3)4)32-19-17-31(18-20-32)15-8-9-16-33-24-12-7-6-11-22(24)13-14-26(33)34/h6-7,11-12,21H,5,8-10,13-20H2,1-4H3. The van der Waals surface area contributed by atoms with Crippen LogP contribution in [0, 0.1) is 0 Å². The molecule has 3 heterocycles. The van der Waals surface area contributed by atoms with Gasteiger partial charge in [-0.05, 0) is 43.9 Å². The van der Waals surface area contributed by atoms with Crippen molar-refractivity contribution in [2.75, 3.05) is 49.1 Å². The number of carbonyl (C=O) groups excluding carboxylic acids is 1. The Bertz CT molecular complexity index is 975. The van der Waals surface area contributed by atoms with Gasteiger partial charge in [-0.2, -0.15) is 0 Å². The van der Waals surface area contributed by atoms with Gasteiger partial charge in [-0.25, -0.2) is 9.97 Å². The predicted octanol–water partition coefficient (Wildman–Crippen LogP) is 4.61. The first-order valence-electron chi connectivity index (χ1n) is 13.1. The lowest BCUT2D eigenvalue weighted by Crippen LogP contribution is -2.47. The van der Waals surface area contributed by atoms with Crippen molar-refractivity contribution >= 4 is 17.4 Å². The number of benzene rings is 1. The zero-order valence-electron chi connectivity index (χ0n) is 21.5. The molecule has 2 aliphatic rings. The number of amides is 1. The normalized spacial score (nSPS) is 17.2. The van der Waals surface area contributed by atoms with Gasteiger partial charge in [0.05, 0.1) is 0 Å². The molecule has 0 saturated carbocycles. The second-order valence-electron chi connectivity index (χ2n) is 10.8. The summed E-state index contributed by atoms with van der Waals surface area (Å²) in [6.45, 7) is 14.8. The van der Waals surface area contributed by atoms with Crippen LogP contribution >= 0.6 is 0 Å². The Morgan fingerprint density at radius 3 is 2.41 bits per heavy atom. The zero-order valence-corrected chi connectivity index (χ0v) is 21.5. The molecule has 1 aromatic carbocycles. The average molecular weight is 464 g/mol. The molecule has 1 aromatic heterocycles. The number of hydrogen-bond donors (Lipinski definition) is 0. The van der Waals surface area contributed by atoms with Gasteiger partial charge in [-0.3, -0.25) is 9.69 Å². The molecule has 34 heavy (non-hydrogen) atoms. The van der Waals surface area contributed by atoms with E-state index in [4.69, 9.17) is 9.97 Å². The molecule has 0 atom stereocenters. The Hall–Kier alpha value is -2.47. The van der Waals surface area contributed by atoms with E-state index in [9.17, 15) is 4.79 Å². The molecular formula is C28H41N5O. The minimum Gasteiger partial charge on any atom is -0.354 e. The van der Waals surface area contributed by atoms with Crippen LogP contribution in [0.4, 0.5) is 11.5 Å². The Kier molecular flexibility index (Phi) is 7.87. The van der Waals surface area contributed by atoms with Crippen molar-refractivity contribution in [3.63, 3.8) is 0 Å². The Balaban J connectivity index is 1.27. The van der Waals surface area contributed by atoms with Gasteiger partial charge in [0.2, 0.25) is 5.91 Å². The molecule has 0 N–H and O–H groups in total. The van der Waals surface area contributed by atoms with Crippen LogP contribution < -0.4 is 9.80 Å². The van der Waals surface area contributed by atoms with Gasteiger partial charge in [-0.15, -0.1) is 0 Å². The molecule has 2 aromatic rings. The summed E-state index contributed by atoms with van der Waals surface area (Å²) in [5.41, 5.74) is 3.54. The van der Waals surface area contributed by atoms with E-state index in [1.54, 1.807) is 0 Å². The topological polar surface area (TPSA) is 52.6 Å². The molecule has 6 nitrogen and oxygen atoms in total. The summed E-state index contributed by atoms with van der Waals surface area (Å²) >= 11 is 0. The molecule has 2 aliphatic heterocycles. The van der Waals surface area contributed by atoms with E-state index in [1.165, 1.54) is 5.56 Å². The van der Waals surface area contributed by atoms with E-state index in [0.717, 1.165) is 94.4 Å². The van der Waals surface area contributed by atoms with Crippen LogP contribution in [0.25, 0.3) is 0 Å². The number of nitrogens with zero attached hydrogens (tertiary/aromatic N) is 5. The van der Waals surface area contributed by atoms with Gasteiger partial charge in [-0.1, -0.05) is 52.3 Å². The minimum absolute atomic E-state index is 0.0451. The van der Waals surface area contributed by atoms with Crippen LogP contribution in [0.5, 0.6) is 0 Å². The van der Waals surface area contributed by atoms with Crippen molar-refractivity contribution in [3.05, 3.63) is 47.4 Å². The van der Waals surface area contributed by atoms with E-state index in [0.29, 0.717) is 6.42 Å². The van der Waals surface area contributed by atoms with Gasteiger partial charge >= 0.3 is 0 Å². The van der Waals surface area contributed by atoms with Crippen LogP contribution in [-0.4, -0.2) is 60.0 Å². The highest BCUT2D eigenvalue weighted by Crippen LogP contribution is 2.28. The van der Waals surface area contributed by atoms with Crippen molar-refractivity contribution in [2.45, 2.75) is 71.6 Å². The maximum Gasteiger partial charge on any atom is 0.227 e. The molecule has 0 aliphatic carbocycles. The third-order valence-electron chi connectivity index (χ3n) is 6.94. The molecule has 1 amide bonds. The Labute approximate surface area is 205 Å². The van der Waals surface area contributed by atoms with E-state index in [1.807, 2.05) is 11.0 Å². The first-order valence-corrected chi connectivity index (χ1v) is 13.1. The highest BCUT2D eigenvalue weighted by molar-refractivity contribution is 5.96. The minimum atomic E-state index is -0.0451. The van der Waals surface area contributed by atoms with Gasteiger partial charge in [0, 0.05) is 62.0 Å². The number of para-hydroxylation sites is 1. The highest BCUT2D eigenvalue weighted by Gasteiger charge is 2.25. The molecule has 6 heteroatoms. The van der Waals surface area contributed by atoms with Crippen LogP contribution in [-0.2, 0) is 23.1 Å². The number of piperazine rings is 1. The van der Waals surface area contributed by atoms with Crippen molar-refractivity contribution in [2.24, 2.45) is 0 Å². The van der Waals surface area contributed by atoms with E-state index in [-0.39, 0.29) is 11.3 Å². The Morgan fingerprint density at radius 1 is 0.941 bits per heavy atom. The molecule has 184 valence electrons. The maximum absolute atomic E-state index is 12.5. The molecule has 1 saturated heterocycles. The number of aryl methyl sites for hydroxylation is 2. The molecule has 4 rings (SSSR count). The summed E-state index contributed by atoms with van der Waals surface area (Å²) in [5, 5.41) is 0. The van der Waals surface area contributed by atoms with Crippen molar-refractivity contribution in [1.29, 1.82) is 0 Å². The van der Waals surface area contributed by atoms with Gasteiger partial charge in [0.25, 0.3) is 0 Å². The van der Waals surface area contributed by atoms with Gasteiger partial charge < -0.3 is 9.80 Å². The third-order valence-corrected chi connectivity index (χ3v) is 6.94. The quantitative estimate of drug-likeness (QED) is 0.535. The molecular weight excluding hydrogens is 422 g/mol. The number of fused-ring (bicyclic) bond motifs is 1. The van der Waals surface area contributed by atoms with Crippen LogP contribution in [0.2, 0.25) is 0 Å². The fourth-order valence-corrected chi connectivity index (χ4v) is 4.91. The summed E-state index contributed by atoms with van der Waals surface area (Å²) in [6, 6.07) is 10.6. The first kappa shape index (κ1) is 24.6. The lowest BCUT2D eigenvalue weighted by Gasteiger charge is -2.36. The largest absolute Gasteiger partial charge is 0.354 e. The number of hydrogen-bond acceptors (Lipinski definition) is 5. The number of aromatic nitrogens is 2. The zero-order chi connectivity index (χ0) is 24.1. The van der Waals surface area contributed by atoms with E-state index >= 15 is 0 Å². The molecule has 0 unspecified atom stereocenters. The Morgan fingerprint density at radius 2 is 1.68 bits per heavy atom. The summed E-state index contributed by atoms with van der Waals surface area (Å²) in [5.74, 6) is 2.31. The van der Waals surface area contributed by atoms with Crippen molar-refractivity contribution < 1.29 is 4.79 Å². The predicted molar refractivity (Wildman–Crippen MR) is 140 cm³/mol. The fraction of sp³-hybridized carbons (Fsp3) is 0.607. The summed E-state index contributed by atoms with van der Waals surface area (Å²) in [6.07, 6.45) is 5.78. The van der Waals surface area contributed by atoms with E-state index in [2.05, 4.69) is 61.8 Å². The SMILES string of the molecule is CCCc1cc(N2CCN(CCCCN3C(=O)CCc4ccccc43)CC2)nc(C(C)(C)C)n1. The second-order valence-corrected chi connectivity index (χ2v) is 10.8. The van der Waals surface area contributed by atoms with Crippen LogP contribution in [0.15, 0.2) is 30.3 Å². The summed E-state index contributed by atoms with van der Waals surface area (Å²) in [4.78, 5) is 29.2. The third kappa shape index (κ3) is 5.96. The monoisotopic (exact) mass is 463 g/mol. The van der Waals surface area contributed by atoms with Gasteiger partial charge in [0.1, 0.15) is 11.6 Å².